The van der Waals surface area contributed by atoms with Gasteiger partial charge < -0.3 is 5.32 Å². The molecule has 104 valence electrons. The van der Waals surface area contributed by atoms with E-state index in [1.807, 2.05) is 18.2 Å². The largest absolute Gasteiger partial charge is 0.380 e. The number of fused-ring (bicyclic) bond motifs is 1. The second-order valence-electron chi connectivity index (χ2n) is 4.70. The van der Waals surface area contributed by atoms with Gasteiger partial charge in [0.1, 0.15) is 5.82 Å². The maximum Gasteiger partial charge on any atom is 0.152 e. The molecule has 0 radical (unpaired) electrons. The zero-order valence-corrected chi connectivity index (χ0v) is 11.2. The molecular weight excluding hydrogens is 267 g/mol. The van der Waals surface area contributed by atoms with Gasteiger partial charge in [0.25, 0.3) is 0 Å². The van der Waals surface area contributed by atoms with Gasteiger partial charge in [-0.05, 0) is 30.3 Å². The SMILES string of the molecule is O=Cc1ccccc1NCc1cc(F)cc2cccnc12. The molecule has 0 aliphatic rings. The minimum absolute atomic E-state index is 0.295. The summed E-state index contributed by atoms with van der Waals surface area (Å²) in [7, 11) is 0. The number of para-hydroxylation sites is 1. The van der Waals surface area contributed by atoms with Gasteiger partial charge in [-0.2, -0.15) is 0 Å². The number of rotatable bonds is 4. The predicted octanol–water partition coefficient (Wildman–Crippen LogP) is 3.80. The highest BCUT2D eigenvalue weighted by Gasteiger charge is 2.06. The van der Waals surface area contributed by atoms with Gasteiger partial charge in [0.05, 0.1) is 5.52 Å². The molecule has 0 fully saturated rings. The Kier molecular flexibility index (Phi) is 3.60. The Hall–Kier alpha value is -2.75. The van der Waals surface area contributed by atoms with E-state index in [1.165, 1.54) is 12.1 Å². The van der Waals surface area contributed by atoms with Gasteiger partial charge >= 0.3 is 0 Å². The Balaban J connectivity index is 1.93. The van der Waals surface area contributed by atoms with E-state index in [9.17, 15) is 9.18 Å². The lowest BCUT2D eigenvalue weighted by Crippen LogP contribution is -2.03. The van der Waals surface area contributed by atoms with Crippen molar-refractivity contribution in [1.29, 1.82) is 0 Å². The number of anilines is 1. The van der Waals surface area contributed by atoms with Gasteiger partial charge in [-0.1, -0.05) is 18.2 Å². The maximum absolute atomic E-state index is 13.7. The molecule has 21 heavy (non-hydrogen) atoms. The highest BCUT2D eigenvalue weighted by Crippen LogP contribution is 2.20. The molecule has 0 bridgehead atoms. The molecule has 2 aromatic carbocycles. The zero-order chi connectivity index (χ0) is 14.7. The maximum atomic E-state index is 13.7. The molecule has 3 aromatic rings. The van der Waals surface area contributed by atoms with Crippen LogP contribution in [0.2, 0.25) is 0 Å². The Labute approximate surface area is 121 Å². The molecule has 0 unspecified atom stereocenters. The fourth-order valence-corrected chi connectivity index (χ4v) is 2.31. The topological polar surface area (TPSA) is 42.0 Å². The van der Waals surface area contributed by atoms with E-state index in [0.717, 1.165) is 28.4 Å². The molecule has 0 aliphatic carbocycles. The van der Waals surface area contributed by atoms with Crippen LogP contribution in [0.1, 0.15) is 15.9 Å². The summed E-state index contributed by atoms with van der Waals surface area (Å²) in [6, 6.07) is 13.7. The molecule has 3 nitrogen and oxygen atoms in total. The number of carbonyl (C=O) groups is 1. The summed E-state index contributed by atoms with van der Waals surface area (Å²) in [5.41, 5.74) is 2.81. The average molecular weight is 280 g/mol. The van der Waals surface area contributed by atoms with Crippen molar-refractivity contribution >= 4 is 22.9 Å². The lowest BCUT2D eigenvalue weighted by Gasteiger charge is -2.10. The van der Waals surface area contributed by atoms with Crippen LogP contribution in [0.3, 0.4) is 0 Å². The van der Waals surface area contributed by atoms with Crippen LogP contribution in [0, 0.1) is 5.82 Å². The van der Waals surface area contributed by atoms with E-state index in [0.29, 0.717) is 12.1 Å². The highest BCUT2D eigenvalue weighted by molar-refractivity contribution is 5.85. The number of halogens is 1. The standard InChI is InChI=1S/C17H13FN2O/c18-15-8-12-5-3-7-19-17(12)14(9-15)10-20-16-6-2-1-4-13(16)11-21/h1-9,11,20H,10H2. The number of pyridine rings is 1. The van der Waals surface area contributed by atoms with Crippen molar-refractivity contribution in [3.63, 3.8) is 0 Å². The van der Waals surface area contributed by atoms with Crippen LogP contribution in [0.4, 0.5) is 10.1 Å². The predicted molar refractivity (Wildman–Crippen MR) is 80.9 cm³/mol. The van der Waals surface area contributed by atoms with Gasteiger partial charge in [-0.3, -0.25) is 9.78 Å². The Bertz CT molecular complexity index is 802. The van der Waals surface area contributed by atoms with Crippen molar-refractivity contribution in [2.75, 3.05) is 5.32 Å². The molecule has 4 heteroatoms. The van der Waals surface area contributed by atoms with Crippen molar-refractivity contribution in [1.82, 2.24) is 4.98 Å². The molecule has 0 saturated carbocycles. The van der Waals surface area contributed by atoms with Crippen LogP contribution in [-0.2, 0) is 6.54 Å². The molecule has 1 N–H and O–H groups in total. The normalized spacial score (nSPS) is 10.5. The van der Waals surface area contributed by atoms with Gasteiger partial charge in [0.15, 0.2) is 6.29 Å². The minimum Gasteiger partial charge on any atom is -0.380 e. The first kappa shape index (κ1) is 13.2. The molecule has 0 aliphatic heterocycles. The number of nitrogens with zero attached hydrogens (tertiary/aromatic N) is 1. The lowest BCUT2D eigenvalue weighted by molar-refractivity contribution is 0.112. The van der Waals surface area contributed by atoms with Crippen molar-refractivity contribution in [2.45, 2.75) is 6.54 Å². The first-order valence-corrected chi connectivity index (χ1v) is 6.59. The first-order valence-electron chi connectivity index (χ1n) is 6.59. The molecule has 0 atom stereocenters. The van der Waals surface area contributed by atoms with Crippen LogP contribution in [-0.4, -0.2) is 11.3 Å². The first-order chi connectivity index (χ1) is 10.3. The molecule has 3 rings (SSSR count). The number of benzene rings is 2. The minimum atomic E-state index is -0.295. The molecular formula is C17H13FN2O. The smallest absolute Gasteiger partial charge is 0.152 e. The monoisotopic (exact) mass is 280 g/mol. The van der Waals surface area contributed by atoms with Crippen LogP contribution in [0.5, 0.6) is 0 Å². The fourth-order valence-electron chi connectivity index (χ4n) is 2.31. The third kappa shape index (κ3) is 2.74. The van der Waals surface area contributed by atoms with Crippen LogP contribution in [0.25, 0.3) is 10.9 Å². The molecule has 0 amide bonds. The van der Waals surface area contributed by atoms with Gasteiger partial charge in [-0.25, -0.2) is 4.39 Å². The summed E-state index contributed by atoms with van der Waals surface area (Å²) < 4.78 is 13.7. The van der Waals surface area contributed by atoms with Crippen LogP contribution in [0.15, 0.2) is 54.7 Å². The van der Waals surface area contributed by atoms with E-state index in [2.05, 4.69) is 10.3 Å². The van der Waals surface area contributed by atoms with Gasteiger partial charge in [0, 0.05) is 34.9 Å². The number of carbonyl (C=O) groups excluding carboxylic acids is 1. The summed E-state index contributed by atoms with van der Waals surface area (Å²) in [4.78, 5) is 15.3. The number of hydrogen-bond acceptors (Lipinski definition) is 3. The van der Waals surface area contributed by atoms with E-state index in [1.54, 1.807) is 24.4 Å². The zero-order valence-electron chi connectivity index (χ0n) is 11.2. The average Bonchev–Trinajstić information content (AvgIpc) is 2.52. The molecule has 0 saturated heterocycles. The van der Waals surface area contributed by atoms with Crippen LogP contribution < -0.4 is 5.32 Å². The summed E-state index contributed by atoms with van der Waals surface area (Å²) in [6.07, 6.45) is 2.48. The van der Waals surface area contributed by atoms with E-state index in [-0.39, 0.29) is 5.82 Å². The summed E-state index contributed by atoms with van der Waals surface area (Å²) in [5.74, 6) is -0.295. The van der Waals surface area contributed by atoms with Gasteiger partial charge in [0.2, 0.25) is 0 Å². The second-order valence-corrected chi connectivity index (χ2v) is 4.70. The molecule has 0 spiro atoms. The fraction of sp³-hybridized carbons (Fsp3) is 0.0588. The number of aromatic nitrogens is 1. The molecule has 1 heterocycles. The number of hydrogen-bond donors (Lipinski definition) is 1. The quantitative estimate of drug-likeness (QED) is 0.739. The van der Waals surface area contributed by atoms with Crippen LogP contribution >= 0.6 is 0 Å². The van der Waals surface area contributed by atoms with E-state index < -0.39 is 0 Å². The number of aldehydes is 1. The van der Waals surface area contributed by atoms with Crippen molar-refractivity contribution in [2.24, 2.45) is 0 Å². The summed E-state index contributed by atoms with van der Waals surface area (Å²) in [5, 5.41) is 3.92. The summed E-state index contributed by atoms with van der Waals surface area (Å²) >= 11 is 0. The third-order valence-electron chi connectivity index (χ3n) is 3.31. The second kappa shape index (κ2) is 5.71. The summed E-state index contributed by atoms with van der Waals surface area (Å²) in [6.45, 7) is 0.399. The number of nitrogens with one attached hydrogen (secondary N) is 1. The van der Waals surface area contributed by atoms with Crippen molar-refractivity contribution in [3.05, 3.63) is 71.7 Å². The Morgan fingerprint density at radius 1 is 1.14 bits per heavy atom. The molecule has 1 aromatic heterocycles. The Morgan fingerprint density at radius 2 is 2.00 bits per heavy atom. The Morgan fingerprint density at radius 3 is 2.86 bits per heavy atom. The van der Waals surface area contributed by atoms with Crippen molar-refractivity contribution in [3.8, 4) is 0 Å². The van der Waals surface area contributed by atoms with Crippen molar-refractivity contribution < 1.29 is 9.18 Å². The highest BCUT2D eigenvalue weighted by atomic mass is 19.1. The third-order valence-corrected chi connectivity index (χ3v) is 3.31. The van der Waals surface area contributed by atoms with E-state index in [4.69, 9.17) is 0 Å². The van der Waals surface area contributed by atoms with E-state index >= 15 is 0 Å². The lowest BCUT2D eigenvalue weighted by atomic mass is 10.1. The van der Waals surface area contributed by atoms with Gasteiger partial charge in [-0.15, -0.1) is 0 Å².